The first kappa shape index (κ1) is 29.2. The average Bonchev–Trinajstić information content (AvgIpc) is 2.89. The summed E-state index contributed by atoms with van der Waals surface area (Å²) in [6.45, 7) is 5.21. The van der Waals surface area contributed by atoms with E-state index in [1.54, 1.807) is 6.08 Å². The van der Waals surface area contributed by atoms with Crippen molar-refractivity contribution in [1.82, 2.24) is 0 Å². The quantitative estimate of drug-likeness (QED) is 0.0792. The first-order chi connectivity index (χ1) is 17.2. The summed E-state index contributed by atoms with van der Waals surface area (Å²) in [6, 6.07) is 15.9. The van der Waals surface area contributed by atoms with E-state index in [1.165, 1.54) is 75.5 Å². The van der Waals surface area contributed by atoms with Crippen molar-refractivity contribution in [2.45, 2.75) is 102 Å². The maximum absolute atomic E-state index is 12.5. The highest BCUT2D eigenvalue weighted by molar-refractivity contribution is 7.99. The molecule has 0 unspecified atom stereocenters. The first-order valence-electron chi connectivity index (χ1n) is 13.9. The van der Waals surface area contributed by atoms with Crippen LogP contribution in [0.15, 0.2) is 59.5 Å². The van der Waals surface area contributed by atoms with Crippen LogP contribution in [0.3, 0.4) is 0 Å². The van der Waals surface area contributed by atoms with Crippen LogP contribution in [0.2, 0.25) is 0 Å². The minimum atomic E-state index is 0.0276. The summed E-state index contributed by atoms with van der Waals surface area (Å²) in [5.41, 5.74) is 1.71. The first-order valence-corrected chi connectivity index (χ1v) is 14.9. The van der Waals surface area contributed by atoms with E-state index in [0.717, 1.165) is 42.1 Å². The lowest BCUT2D eigenvalue weighted by molar-refractivity contribution is 0.104. The summed E-state index contributed by atoms with van der Waals surface area (Å²) in [5.74, 6) is 2.00. The highest BCUT2D eigenvalue weighted by Crippen LogP contribution is 2.20. The third-order valence-electron chi connectivity index (χ3n) is 6.16. The summed E-state index contributed by atoms with van der Waals surface area (Å²) >= 11 is 1.83. The molecular formula is C32H46O2S. The highest BCUT2D eigenvalue weighted by Gasteiger charge is 2.03. The van der Waals surface area contributed by atoms with Crippen LogP contribution >= 0.6 is 11.8 Å². The fourth-order valence-corrected chi connectivity index (χ4v) is 4.81. The smallest absolute Gasteiger partial charge is 0.185 e. The van der Waals surface area contributed by atoms with Gasteiger partial charge in [-0.05, 0) is 66.6 Å². The van der Waals surface area contributed by atoms with Crippen LogP contribution in [0.4, 0.5) is 0 Å². The Morgan fingerprint density at radius 1 is 0.771 bits per heavy atom. The average molecular weight is 495 g/mol. The van der Waals surface area contributed by atoms with E-state index < -0.39 is 0 Å². The molecule has 0 atom stereocenters. The number of allylic oxidation sites excluding steroid dienone is 1. The molecule has 0 bridgehead atoms. The Hall–Kier alpha value is -2.00. The molecule has 0 N–H and O–H groups in total. The van der Waals surface area contributed by atoms with E-state index in [9.17, 15) is 4.79 Å². The predicted octanol–water partition coefficient (Wildman–Crippen LogP) is 10.2. The third kappa shape index (κ3) is 13.6. The molecule has 0 spiro atoms. The van der Waals surface area contributed by atoms with Gasteiger partial charge in [0.25, 0.3) is 0 Å². The molecule has 0 aliphatic carbocycles. The fraction of sp³-hybridized carbons (Fsp3) is 0.531. The molecule has 0 aromatic heterocycles. The molecular weight excluding hydrogens is 448 g/mol. The number of thioether (sulfide) groups is 1. The van der Waals surface area contributed by atoms with Crippen molar-refractivity contribution in [2.24, 2.45) is 0 Å². The van der Waals surface area contributed by atoms with Gasteiger partial charge in [0.1, 0.15) is 5.75 Å². The number of unbranched alkanes of at least 4 members (excludes halogenated alkanes) is 11. The molecule has 0 saturated carbocycles. The second-order valence-corrected chi connectivity index (χ2v) is 10.5. The van der Waals surface area contributed by atoms with Crippen molar-refractivity contribution in [2.75, 3.05) is 12.4 Å². The summed E-state index contributed by atoms with van der Waals surface area (Å²) in [5, 5.41) is 0. The molecule has 0 saturated heterocycles. The molecule has 0 amide bonds. The molecule has 0 aliphatic rings. The Labute approximate surface area is 218 Å². The number of ketones is 1. The molecule has 0 heterocycles. The van der Waals surface area contributed by atoms with Crippen LogP contribution in [0, 0.1) is 0 Å². The van der Waals surface area contributed by atoms with Crippen LogP contribution in [0.5, 0.6) is 5.75 Å². The van der Waals surface area contributed by atoms with Gasteiger partial charge in [0.15, 0.2) is 5.78 Å². The van der Waals surface area contributed by atoms with Gasteiger partial charge in [0.05, 0.1) is 6.61 Å². The lowest BCUT2D eigenvalue weighted by Gasteiger charge is -2.07. The Morgan fingerprint density at radius 2 is 1.40 bits per heavy atom. The summed E-state index contributed by atoms with van der Waals surface area (Å²) in [4.78, 5) is 13.7. The zero-order valence-corrected chi connectivity index (χ0v) is 22.9. The Balaban J connectivity index is 1.60. The van der Waals surface area contributed by atoms with Crippen molar-refractivity contribution in [3.8, 4) is 5.75 Å². The molecule has 3 heteroatoms. The maximum Gasteiger partial charge on any atom is 0.185 e. The Morgan fingerprint density at radius 3 is 2.03 bits per heavy atom. The van der Waals surface area contributed by atoms with Crippen LogP contribution in [-0.2, 0) is 0 Å². The molecule has 0 radical (unpaired) electrons. The van der Waals surface area contributed by atoms with Gasteiger partial charge in [0, 0.05) is 10.5 Å². The highest BCUT2D eigenvalue weighted by atomic mass is 32.2. The van der Waals surface area contributed by atoms with E-state index in [0.29, 0.717) is 0 Å². The summed E-state index contributed by atoms with van der Waals surface area (Å²) in [7, 11) is 0. The van der Waals surface area contributed by atoms with E-state index in [1.807, 2.05) is 66.4 Å². The van der Waals surface area contributed by atoms with E-state index in [2.05, 4.69) is 13.8 Å². The maximum atomic E-state index is 12.5. The normalized spacial score (nSPS) is 11.3. The molecule has 35 heavy (non-hydrogen) atoms. The Kier molecular flexibility index (Phi) is 16.1. The number of carbonyl (C=O) groups is 1. The van der Waals surface area contributed by atoms with E-state index in [-0.39, 0.29) is 5.78 Å². The van der Waals surface area contributed by atoms with Crippen LogP contribution in [0.1, 0.15) is 113 Å². The monoisotopic (exact) mass is 494 g/mol. The second kappa shape index (κ2) is 19.2. The van der Waals surface area contributed by atoms with Crippen molar-refractivity contribution in [3.63, 3.8) is 0 Å². The molecule has 192 valence electrons. The number of rotatable bonds is 20. The number of ether oxygens (including phenoxy) is 1. The number of benzene rings is 2. The molecule has 0 aliphatic heterocycles. The molecule has 2 nitrogen and oxygen atoms in total. The SMILES string of the molecule is CCCCCCCCCCCCCCOc1cccc(/C=C/C(=O)c2ccc(SCCC)cc2)c1. The summed E-state index contributed by atoms with van der Waals surface area (Å²) < 4.78 is 5.95. The van der Waals surface area contributed by atoms with Gasteiger partial charge in [0.2, 0.25) is 0 Å². The topological polar surface area (TPSA) is 26.3 Å². The lowest BCUT2D eigenvalue weighted by atomic mass is 10.1. The van der Waals surface area contributed by atoms with E-state index >= 15 is 0 Å². The zero-order valence-electron chi connectivity index (χ0n) is 22.1. The molecule has 2 aromatic rings. The van der Waals surface area contributed by atoms with Crippen molar-refractivity contribution >= 4 is 23.6 Å². The van der Waals surface area contributed by atoms with Crippen LogP contribution < -0.4 is 4.74 Å². The van der Waals surface area contributed by atoms with Crippen molar-refractivity contribution in [3.05, 3.63) is 65.7 Å². The van der Waals surface area contributed by atoms with Crippen molar-refractivity contribution in [1.29, 1.82) is 0 Å². The van der Waals surface area contributed by atoms with Gasteiger partial charge in [-0.3, -0.25) is 4.79 Å². The largest absolute Gasteiger partial charge is 0.494 e. The summed E-state index contributed by atoms with van der Waals surface area (Å²) in [6.07, 6.45) is 20.8. The van der Waals surface area contributed by atoms with Crippen LogP contribution in [0.25, 0.3) is 6.08 Å². The zero-order chi connectivity index (χ0) is 25.0. The van der Waals surface area contributed by atoms with E-state index in [4.69, 9.17) is 4.74 Å². The van der Waals surface area contributed by atoms with Crippen molar-refractivity contribution < 1.29 is 9.53 Å². The van der Waals surface area contributed by atoms with Gasteiger partial charge >= 0.3 is 0 Å². The number of carbonyl (C=O) groups excluding carboxylic acids is 1. The third-order valence-corrected chi connectivity index (χ3v) is 7.38. The molecule has 0 fully saturated rings. The number of hydrogen-bond donors (Lipinski definition) is 0. The minimum absolute atomic E-state index is 0.0276. The van der Waals surface area contributed by atoms with Gasteiger partial charge in [-0.15, -0.1) is 11.8 Å². The van der Waals surface area contributed by atoms with Crippen LogP contribution in [-0.4, -0.2) is 18.1 Å². The molecule has 2 rings (SSSR count). The molecule has 2 aromatic carbocycles. The Bertz CT molecular complexity index is 841. The predicted molar refractivity (Wildman–Crippen MR) is 154 cm³/mol. The second-order valence-electron chi connectivity index (χ2n) is 9.38. The standard InChI is InChI=1S/C32H46O2S/c1-3-5-6-7-8-9-10-11-12-13-14-15-25-34-30-18-16-17-28(27-30)19-24-32(33)29-20-22-31(23-21-29)35-26-4-2/h16-24,27H,3-15,25-26H2,1-2H3/b24-19+. The lowest BCUT2D eigenvalue weighted by Crippen LogP contribution is -1.97. The van der Waals surface area contributed by atoms with Gasteiger partial charge < -0.3 is 4.74 Å². The van der Waals surface area contributed by atoms with Gasteiger partial charge in [-0.25, -0.2) is 0 Å². The minimum Gasteiger partial charge on any atom is -0.494 e. The fourth-order valence-electron chi connectivity index (χ4n) is 4.04. The number of hydrogen-bond acceptors (Lipinski definition) is 3. The van der Waals surface area contributed by atoms with Gasteiger partial charge in [-0.1, -0.05) is 103 Å². The van der Waals surface area contributed by atoms with Gasteiger partial charge in [-0.2, -0.15) is 0 Å².